The number of amides is 1. The molecule has 1 aromatic carbocycles. The summed E-state index contributed by atoms with van der Waals surface area (Å²) < 4.78 is 0. The van der Waals surface area contributed by atoms with Crippen LogP contribution in [0.1, 0.15) is 71.8 Å². The van der Waals surface area contributed by atoms with Crippen molar-refractivity contribution in [2.45, 2.75) is 78.3 Å². The first-order chi connectivity index (χ1) is 14.7. The minimum Gasteiger partial charge on any atom is -0.388 e. The summed E-state index contributed by atoms with van der Waals surface area (Å²) in [6.45, 7) is 7.90. The van der Waals surface area contributed by atoms with Gasteiger partial charge in [0.25, 0.3) is 0 Å². The Balaban J connectivity index is 0.00000132. The highest BCUT2D eigenvalue weighted by Crippen LogP contribution is 2.56. The number of piperidine rings is 2. The maximum atomic E-state index is 13.4. The zero-order valence-electron chi connectivity index (χ0n) is 19.4. The van der Waals surface area contributed by atoms with Crippen LogP contribution in [0.25, 0.3) is 0 Å². The van der Waals surface area contributed by atoms with Gasteiger partial charge in [-0.15, -0.1) is 0 Å². The highest BCUT2D eigenvalue weighted by molar-refractivity contribution is 6.35. The number of carbonyl (C=O) groups is 1. The average molecular weight is 443 g/mol. The Morgan fingerprint density at radius 2 is 1.90 bits per heavy atom. The van der Waals surface area contributed by atoms with Gasteiger partial charge in [-0.05, 0) is 50.2 Å². The van der Waals surface area contributed by atoms with Gasteiger partial charge in [-0.1, -0.05) is 45.4 Å². The maximum absolute atomic E-state index is 13.4. The van der Waals surface area contributed by atoms with Crippen LogP contribution < -0.4 is 5.32 Å². The molecule has 31 heavy (non-hydrogen) atoms. The van der Waals surface area contributed by atoms with Crippen molar-refractivity contribution in [1.82, 2.24) is 4.90 Å². The predicted octanol–water partition coefficient (Wildman–Crippen LogP) is 5.88. The van der Waals surface area contributed by atoms with Crippen molar-refractivity contribution in [3.05, 3.63) is 28.8 Å². The van der Waals surface area contributed by atoms with Crippen LogP contribution >= 0.6 is 11.6 Å². The zero-order chi connectivity index (χ0) is 23.0. The van der Waals surface area contributed by atoms with Gasteiger partial charge in [-0.2, -0.15) is 5.26 Å². The van der Waals surface area contributed by atoms with E-state index < -0.39 is 5.41 Å². The van der Waals surface area contributed by atoms with E-state index in [1.807, 2.05) is 46.9 Å². The van der Waals surface area contributed by atoms with E-state index in [0.29, 0.717) is 22.2 Å². The van der Waals surface area contributed by atoms with E-state index in [4.69, 9.17) is 17.0 Å². The first kappa shape index (κ1) is 23.6. The van der Waals surface area contributed by atoms with Gasteiger partial charge < -0.3 is 15.6 Å². The number of nitriles is 1. The smallest absolute Gasteiger partial charge is 0.224 e. The number of benzene rings is 1. The molecule has 4 bridgehead atoms. The van der Waals surface area contributed by atoms with Gasteiger partial charge in [0.2, 0.25) is 5.91 Å². The highest BCUT2D eigenvalue weighted by atomic mass is 35.5. The average Bonchev–Trinajstić information content (AvgIpc) is 2.73. The lowest BCUT2D eigenvalue weighted by Crippen LogP contribution is -2.63. The summed E-state index contributed by atoms with van der Waals surface area (Å²) in [5.74, 6) is 0.698. The molecular weight excluding hydrogens is 408 g/mol. The van der Waals surface area contributed by atoms with Gasteiger partial charge in [0.05, 0.1) is 16.5 Å². The summed E-state index contributed by atoms with van der Waals surface area (Å²) >= 11 is 6.42. The van der Waals surface area contributed by atoms with Crippen molar-refractivity contribution in [1.29, 1.82) is 10.7 Å². The van der Waals surface area contributed by atoms with Crippen LogP contribution in [0.2, 0.25) is 5.02 Å². The molecule has 2 aliphatic heterocycles. The molecule has 2 saturated heterocycles. The SMILES string of the molecule is CC.CNc1cccc(Cl)c1C(=N)C(C)(C)CC(=O)N1C2CC3CC1CC(C#N)(C3)C2. The van der Waals surface area contributed by atoms with Crippen molar-refractivity contribution in [2.75, 3.05) is 12.4 Å². The van der Waals surface area contributed by atoms with Crippen LogP contribution in [0.3, 0.4) is 0 Å². The molecule has 4 fully saturated rings. The Labute approximate surface area is 191 Å². The Morgan fingerprint density at radius 3 is 2.45 bits per heavy atom. The standard InChI is InChI=1S/C23H29ClN4O.C2H6/c1-22(2,21(26)20-17(24)5-4-6-18(20)27-3)12-19(29)28-15-7-14-8-16(28)11-23(9-14,10-15)13-25;1-2/h4-6,14-16,26-27H,7-12H2,1-3H3;1-2H3. The molecule has 168 valence electrons. The van der Waals surface area contributed by atoms with Crippen molar-refractivity contribution in [3.63, 3.8) is 0 Å². The fourth-order valence-corrected chi connectivity index (χ4v) is 6.32. The number of nitrogens with zero attached hydrogens (tertiary/aromatic N) is 2. The Hall–Kier alpha value is -2.06. The summed E-state index contributed by atoms with van der Waals surface area (Å²) in [6.07, 6.45) is 4.96. The minimum atomic E-state index is -0.644. The first-order valence-electron chi connectivity index (χ1n) is 11.5. The third-order valence-electron chi connectivity index (χ3n) is 7.26. The number of hydrogen-bond acceptors (Lipinski definition) is 4. The Kier molecular flexibility index (Phi) is 6.72. The summed E-state index contributed by atoms with van der Waals surface area (Å²) in [5, 5.41) is 22.2. The van der Waals surface area contributed by atoms with E-state index in [2.05, 4.69) is 16.3 Å². The Morgan fingerprint density at radius 1 is 1.29 bits per heavy atom. The van der Waals surface area contributed by atoms with Crippen molar-refractivity contribution < 1.29 is 4.79 Å². The van der Waals surface area contributed by atoms with Gasteiger partial charge in [-0.3, -0.25) is 4.79 Å². The molecule has 2 saturated carbocycles. The lowest BCUT2D eigenvalue weighted by molar-refractivity contribution is -0.154. The number of anilines is 1. The van der Waals surface area contributed by atoms with Crippen LogP contribution in [0.5, 0.6) is 0 Å². The molecule has 5 rings (SSSR count). The summed E-state index contributed by atoms with van der Waals surface area (Å²) in [4.78, 5) is 15.5. The van der Waals surface area contributed by atoms with Gasteiger partial charge in [0.1, 0.15) is 0 Å². The second-order valence-electron chi connectivity index (χ2n) is 9.80. The molecule has 1 aromatic rings. The third-order valence-corrected chi connectivity index (χ3v) is 7.57. The molecule has 6 heteroatoms. The zero-order valence-corrected chi connectivity index (χ0v) is 20.1. The third kappa shape index (κ3) is 4.20. The van der Waals surface area contributed by atoms with Gasteiger partial charge in [-0.25, -0.2) is 0 Å². The molecule has 0 spiro atoms. The quantitative estimate of drug-likeness (QED) is 0.559. The lowest BCUT2D eigenvalue weighted by atomic mass is 9.56. The molecule has 0 radical (unpaired) electrons. The predicted molar refractivity (Wildman–Crippen MR) is 127 cm³/mol. The van der Waals surface area contributed by atoms with Crippen LogP contribution in [-0.4, -0.2) is 35.7 Å². The fraction of sp³-hybridized carbons (Fsp3) is 0.640. The van der Waals surface area contributed by atoms with E-state index in [-0.39, 0.29) is 29.8 Å². The lowest BCUT2D eigenvalue weighted by Gasteiger charge is -2.59. The van der Waals surface area contributed by atoms with Crippen LogP contribution in [0.4, 0.5) is 5.69 Å². The molecule has 4 aliphatic rings. The van der Waals surface area contributed by atoms with Crippen LogP contribution in [-0.2, 0) is 4.79 Å². The maximum Gasteiger partial charge on any atom is 0.224 e. The second-order valence-corrected chi connectivity index (χ2v) is 10.2. The molecule has 0 aromatic heterocycles. The van der Waals surface area contributed by atoms with Crippen LogP contribution in [0.15, 0.2) is 18.2 Å². The normalized spacial score (nSPS) is 28.4. The number of carbonyl (C=O) groups excluding carboxylic acids is 1. The van der Waals surface area contributed by atoms with E-state index in [9.17, 15) is 10.1 Å². The van der Waals surface area contributed by atoms with E-state index in [1.54, 1.807) is 6.07 Å². The van der Waals surface area contributed by atoms with E-state index >= 15 is 0 Å². The summed E-state index contributed by atoms with van der Waals surface area (Å²) in [7, 11) is 1.81. The van der Waals surface area contributed by atoms with Gasteiger partial charge in [0, 0.05) is 47.9 Å². The molecule has 2 unspecified atom stereocenters. The molecule has 2 N–H and O–H groups in total. The van der Waals surface area contributed by atoms with E-state index in [1.165, 1.54) is 0 Å². The molecular formula is C25H35ClN4O. The Bertz CT molecular complexity index is 887. The number of hydrogen-bond donors (Lipinski definition) is 2. The number of nitrogens with one attached hydrogen (secondary N) is 2. The molecule has 2 atom stereocenters. The van der Waals surface area contributed by atoms with Crippen molar-refractivity contribution >= 4 is 28.9 Å². The van der Waals surface area contributed by atoms with Crippen LogP contribution in [0, 0.1) is 33.5 Å². The number of rotatable bonds is 5. The molecule has 2 aliphatic carbocycles. The topological polar surface area (TPSA) is 80.0 Å². The minimum absolute atomic E-state index is 0.111. The van der Waals surface area contributed by atoms with E-state index in [0.717, 1.165) is 37.8 Å². The molecule has 2 heterocycles. The van der Waals surface area contributed by atoms with Crippen molar-refractivity contribution in [3.8, 4) is 6.07 Å². The summed E-state index contributed by atoms with van der Waals surface area (Å²) in [5.41, 5.74) is 0.982. The van der Waals surface area contributed by atoms with Crippen molar-refractivity contribution in [2.24, 2.45) is 16.7 Å². The molecule has 5 nitrogen and oxygen atoms in total. The summed E-state index contributed by atoms with van der Waals surface area (Å²) in [6, 6.07) is 8.49. The largest absolute Gasteiger partial charge is 0.388 e. The fourth-order valence-electron chi connectivity index (χ4n) is 6.05. The highest BCUT2D eigenvalue weighted by Gasteiger charge is 2.56. The number of halogens is 1. The monoisotopic (exact) mass is 442 g/mol. The second kappa shape index (κ2) is 8.82. The van der Waals surface area contributed by atoms with Gasteiger partial charge in [0.15, 0.2) is 0 Å². The first-order valence-corrected chi connectivity index (χ1v) is 11.9. The van der Waals surface area contributed by atoms with Gasteiger partial charge >= 0.3 is 0 Å². The molecule has 1 amide bonds.